The van der Waals surface area contributed by atoms with Gasteiger partial charge in [0.2, 0.25) is 0 Å². The second kappa shape index (κ2) is 9.87. The molecule has 1 heteroatoms. The van der Waals surface area contributed by atoms with Gasteiger partial charge in [-0.3, -0.25) is 0 Å². The quantitative estimate of drug-likeness (QED) is 0.473. The summed E-state index contributed by atoms with van der Waals surface area (Å²) < 4.78 is 5.99. The topological polar surface area (TPSA) is 9.23 Å². The molecule has 2 fully saturated rings. The van der Waals surface area contributed by atoms with Crippen LogP contribution in [0, 0.1) is 17.8 Å². The van der Waals surface area contributed by atoms with Crippen LogP contribution in [0.1, 0.15) is 97.3 Å². The van der Waals surface area contributed by atoms with Crippen LogP contribution in [0.2, 0.25) is 0 Å². The summed E-state index contributed by atoms with van der Waals surface area (Å²) in [5.41, 5.74) is 0. The van der Waals surface area contributed by atoms with Gasteiger partial charge in [0, 0.05) is 6.61 Å². The molecule has 21 heavy (non-hydrogen) atoms. The highest BCUT2D eigenvalue weighted by molar-refractivity contribution is 4.76. The Hall–Kier alpha value is -0.0400. The first-order valence-electron chi connectivity index (χ1n) is 9.93. The normalized spacial score (nSPS) is 34.0. The molecule has 1 nitrogen and oxygen atoms in total. The Bertz CT molecular complexity index is 247. The predicted molar refractivity (Wildman–Crippen MR) is 91.6 cm³/mol. The van der Waals surface area contributed by atoms with Crippen LogP contribution in [0.4, 0.5) is 0 Å². The van der Waals surface area contributed by atoms with Gasteiger partial charge in [0.25, 0.3) is 0 Å². The summed E-state index contributed by atoms with van der Waals surface area (Å²) in [6.07, 6.45) is 19.1. The molecule has 2 aliphatic rings. The molecule has 0 amide bonds. The molecule has 124 valence electrons. The number of hydrogen-bond acceptors (Lipinski definition) is 1. The van der Waals surface area contributed by atoms with Gasteiger partial charge >= 0.3 is 0 Å². The minimum Gasteiger partial charge on any atom is -0.378 e. The summed E-state index contributed by atoms with van der Waals surface area (Å²) in [7, 11) is 0. The van der Waals surface area contributed by atoms with Crippen LogP contribution in [0.15, 0.2) is 0 Å². The lowest BCUT2D eigenvalue weighted by Crippen LogP contribution is -2.23. The predicted octanol–water partition coefficient (Wildman–Crippen LogP) is 6.36. The fourth-order valence-electron chi connectivity index (χ4n) is 4.38. The van der Waals surface area contributed by atoms with Crippen LogP contribution in [0.3, 0.4) is 0 Å². The van der Waals surface area contributed by atoms with E-state index < -0.39 is 0 Å². The molecule has 0 saturated heterocycles. The van der Waals surface area contributed by atoms with Crippen LogP contribution in [0.25, 0.3) is 0 Å². The Balaban J connectivity index is 1.53. The Kier molecular flexibility index (Phi) is 8.14. The Morgan fingerprint density at radius 2 is 1.24 bits per heavy atom. The molecule has 0 aromatic heterocycles. The summed E-state index contributed by atoms with van der Waals surface area (Å²) in [5, 5.41) is 0. The van der Waals surface area contributed by atoms with Crippen molar-refractivity contribution in [1.82, 2.24) is 0 Å². The van der Waals surface area contributed by atoms with Crippen molar-refractivity contribution in [1.29, 1.82) is 0 Å². The highest BCUT2D eigenvalue weighted by Crippen LogP contribution is 2.36. The lowest BCUT2D eigenvalue weighted by molar-refractivity contribution is 0.0150. The molecule has 0 aliphatic heterocycles. The Morgan fingerprint density at radius 1 is 0.714 bits per heavy atom. The zero-order valence-electron chi connectivity index (χ0n) is 14.6. The van der Waals surface area contributed by atoms with E-state index in [1.807, 2.05) is 0 Å². The molecule has 2 aliphatic carbocycles. The maximum atomic E-state index is 5.99. The van der Waals surface area contributed by atoms with Crippen molar-refractivity contribution in [2.45, 2.75) is 103 Å². The second-order valence-corrected chi connectivity index (χ2v) is 7.74. The molecule has 0 unspecified atom stereocenters. The van der Waals surface area contributed by atoms with E-state index in [9.17, 15) is 0 Å². The van der Waals surface area contributed by atoms with Gasteiger partial charge in [0.15, 0.2) is 0 Å². The standard InChI is InChI=1S/C20H38O/c1-3-5-16-21-20-14-12-19(13-15-20)11-10-18-8-6-17(4-2)7-9-18/h17-20H,3-16H2,1-2H3/t17-,18-,19-,20-. The smallest absolute Gasteiger partial charge is 0.0575 e. The Morgan fingerprint density at radius 3 is 1.76 bits per heavy atom. The van der Waals surface area contributed by atoms with Gasteiger partial charge in [-0.2, -0.15) is 0 Å². The van der Waals surface area contributed by atoms with Crippen molar-refractivity contribution in [3.8, 4) is 0 Å². The highest BCUT2D eigenvalue weighted by Gasteiger charge is 2.24. The van der Waals surface area contributed by atoms with Crippen molar-refractivity contribution in [3.63, 3.8) is 0 Å². The number of rotatable bonds is 8. The minimum absolute atomic E-state index is 0.591. The summed E-state index contributed by atoms with van der Waals surface area (Å²) in [5.74, 6) is 3.13. The van der Waals surface area contributed by atoms with Crippen LogP contribution in [-0.4, -0.2) is 12.7 Å². The number of hydrogen-bond donors (Lipinski definition) is 0. The lowest BCUT2D eigenvalue weighted by atomic mass is 9.76. The molecule has 0 N–H and O–H groups in total. The van der Waals surface area contributed by atoms with Gasteiger partial charge in [-0.15, -0.1) is 0 Å². The van der Waals surface area contributed by atoms with E-state index in [-0.39, 0.29) is 0 Å². The number of unbranched alkanes of at least 4 members (excludes halogenated alkanes) is 1. The highest BCUT2D eigenvalue weighted by atomic mass is 16.5. The summed E-state index contributed by atoms with van der Waals surface area (Å²) in [6, 6.07) is 0. The van der Waals surface area contributed by atoms with E-state index in [2.05, 4.69) is 13.8 Å². The van der Waals surface area contributed by atoms with Crippen LogP contribution >= 0.6 is 0 Å². The minimum atomic E-state index is 0.591. The fraction of sp³-hybridized carbons (Fsp3) is 1.00. The molecule has 2 rings (SSSR count). The SMILES string of the molecule is CCCCO[C@H]1CC[C@H](CC[C@H]2CC[C@H](CC)CC2)CC1. The van der Waals surface area contributed by atoms with Gasteiger partial charge in [-0.1, -0.05) is 65.2 Å². The van der Waals surface area contributed by atoms with Gasteiger partial charge in [-0.05, 0) is 49.9 Å². The van der Waals surface area contributed by atoms with E-state index in [0.717, 1.165) is 24.4 Å². The van der Waals surface area contributed by atoms with Gasteiger partial charge in [-0.25, -0.2) is 0 Å². The molecule has 0 bridgehead atoms. The average molecular weight is 295 g/mol. The molecular formula is C20H38O. The average Bonchev–Trinajstić information content (AvgIpc) is 2.55. The third kappa shape index (κ3) is 6.30. The van der Waals surface area contributed by atoms with Crippen molar-refractivity contribution < 1.29 is 4.74 Å². The third-order valence-corrected chi connectivity index (χ3v) is 6.17. The lowest BCUT2D eigenvalue weighted by Gasteiger charge is -2.31. The Labute approximate surface area is 133 Å². The maximum absolute atomic E-state index is 5.99. The van der Waals surface area contributed by atoms with Gasteiger partial charge < -0.3 is 4.74 Å². The summed E-state index contributed by atoms with van der Waals surface area (Å²) in [4.78, 5) is 0. The van der Waals surface area contributed by atoms with Crippen LogP contribution < -0.4 is 0 Å². The van der Waals surface area contributed by atoms with Crippen molar-refractivity contribution in [2.75, 3.05) is 6.61 Å². The van der Waals surface area contributed by atoms with Crippen molar-refractivity contribution in [3.05, 3.63) is 0 Å². The first kappa shape index (κ1) is 17.3. The van der Waals surface area contributed by atoms with E-state index in [4.69, 9.17) is 4.74 Å². The molecular weight excluding hydrogens is 256 g/mol. The molecule has 2 saturated carbocycles. The molecule has 0 radical (unpaired) electrons. The third-order valence-electron chi connectivity index (χ3n) is 6.17. The van der Waals surface area contributed by atoms with Gasteiger partial charge in [0.05, 0.1) is 6.10 Å². The zero-order chi connectivity index (χ0) is 14.9. The van der Waals surface area contributed by atoms with Crippen LogP contribution in [0.5, 0.6) is 0 Å². The monoisotopic (exact) mass is 294 g/mol. The van der Waals surface area contributed by atoms with E-state index in [1.165, 1.54) is 83.5 Å². The van der Waals surface area contributed by atoms with Crippen molar-refractivity contribution in [2.24, 2.45) is 17.8 Å². The maximum Gasteiger partial charge on any atom is 0.0575 e. The second-order valence-electron chi connectivity index (χ2n) is 7.74. The van der Waals surface area contributed by atoms with E-state index >= 15 is 0 Å². The molecule has 0 atom stereocenters. The summed E-state index contributed by atoms with van der Waals surface area (Å²) >= 11 is 0. The van der Waals surface area contributed by atoms with Gasteiger partial charge in [0.1, 0.15) is 0 Å². The first-order valence-corrected chi connectivity index (χ1v) is 9.93. The largest absolute Gasteiger partial charge is 0.378 e. The molecule has 0 spiro atoms. The van der Waals surface area contributed by atoms with E-state index in [1.54, 1.807) is 0 Å². The molecule has 0 heterocycles. The molecule has 0 aromatic rings. The zero-order valence-corrected chi connectivity index (χ0v) is 14.6. The first-order chi connectivity index (χ1) is 10.3. The summed E-state index contributed by atoms with van der Waals surface area (Å²) in [6.45, 7) is 5.60. The van der Waals surface area contributed by atoms with Crippen LogP contribution in [-0.2, 0) is 4.74 Å². The fourth-order valence-corrected chi connectivity index (χ4v) is 4.38. The molecule has 0 aromatic carbocycles. The number of ether oxygens (including phenoxy) is 1. The van der Waals surface area contributed by atoms with E-state index in [0.29, 0.717) is 6.10 Å². The van der Waals surface area contributed by atoms with Crippen molar-refractivity contribution >= 4 is 0 Å².